The van der Waals surface area contributed by atoms with Gasteiger partial charge in [0.2, 0.25) is 0 Å². The van der Waals surface area contributed by atoms with Gasteiger partial charge in [0.15, 0.2) is 0 Å². The van der Waals surface area contributed by atoms with Crippen molar-refractivity contribution in [2.75, 3.05) is 12.3 Å². The van der Waals surface area contributed by atoms with Crippen LogP contribution in [0.2, 0.25) is 0 Å². The Labute approximate surface area is 108 Å². The first-order chi connectivity index (χ1) is 8.75. The zero-order chi connectivity index (χ0) is 14.6. The number of carbonyl (C=O) groups excluding carboxylic acids is 1. The smallest absolute Gasteiger partial charge is 0.398 e. The van der Waals surface area contributed by atoms with Crippen molar-refractivity contribution >= 4 is 11.6 Å². The Morgan fingerprint density at radius 3 is 2.58 bits per heavy atom. The van der Waals surface area contributed by atoms with Crippen LogP contribution in [0.4, 0.5) is 18.9 Å². The molecular weight excluding hydrogens is 261 g/mol. The van der Waals surface area contributed by atoms with Crippen molar-refractivity contribution in [3.63, 3.8) is 0 Å². The van der Waals surface area contributed by atoms with Crippen LogP contribution in [0.15, 0.2) is 18.2 Å². The maximum atomic E-state index is 12.5. The number of halogens is 3. The number of amides is 1. The molecule has 19 heavy (non-hydrogen) atoms. The summed E-state index contributed by atoms with van der Waals surface area (Å²) in [5, 5.41) is 11.7. The topological polar surface area (TPSA) is 75.3 Å². The summed E-state index contributed by atoms with van der Waals surface area (Å²) in [7, 11) is 0. The summed E-state index contributed by atoms with van der Waals surface area (Å²) in [6, 6.07) is 2.78. The highest BCUT2D eigenvalue weighted by Gasteiger charge is 2.33. The molecule has 0 aromatic heterocycles. The molecule has 1 amide bonds. The molecule has 0 fully saturated rings. The molecule has 0 spiro atoms. The highest BCUT2D eigenvalue weighted by atomic mass is 19.4. The monoisotopic (exact) mass is 276 g/mol. The lowest BCUT2D eigenvalue weighted by atomic mass is 10.1. The van der Waals surface area contributed by atoms with Crippen LogP contribution in [0.1, 0.15) is 29.3 Å². The lowest BCUT2D eigenvalue weighted by Gasteiger charge is -2.12. The quantitative estimate of drug-likeness (QED) is 0.734. The molecule has 1 atom stereocenters. The minimum Gasteiger partial charge on any atom is -0.398 e. The van der Waals surface area contributed by atoms with E-state index in [0.29, 0.717) is 6.42 Å². The Morgan fingerprint density at radius 1 is 1.47 bits per heavy atom. The molecule has 4 nitrogen and oxygen atoms in total. The first kappa shape index (κ1) is 15.3. The number of rotatable bonds is 4. The normalized spacial score (nSPS) is 13.1. The first-order valence-electron chi connectivity index (χ1n) is 5.68. The van der Waals surface area contributed by atoms with Crippen molar-refractivity contribution in [2.24, 2.45) is 0 Å². The third kappa shape index (κ3) is 4.13. The summed E-state index contributed by atoms with van der Waals surface area (Å²) in [6.07, 6.45) is -4.76. The Morgan fingerprint density at radius 2 is 2.11 bits per heavy atom. The Bertz CT molecular complexity index is 461. The number of anilines is 1. The van der Waals surface area contributed by atoms with Crippen molar-refractivity contribution in [1.29, 1.82) is 0 Å². The molecule has 0 aliphatic heterocycles. The van der Waals surface area contributed by atoms with Gasteiger partial charge in [0.25, 0.3) is 5.91 Å². The van der Waals surface area contributed by atoms with Crippen LogP contribution in [0.3, 0.4) is 0 Å². The first-order valence-corrected chi connectivity index (χ1v) is 5.68. The summed E-state index contributed by atoms with van der Waals surface area (Å²) in [4.78, 5) is 11.6. The van der Waals surface area contributed by atoms with E-state index in [1.807, 2.05) is 0 Å². The number of carbonyl (C=O) groups is 1. The van der Waals surface area contributed by atoms with Crippen LogP contribution in [0.5, 0.6) is 0 Å². The van der Waals surface area contributed by atoms with Gasteiger partial charge in [0.1, 0.15) is 0 Å². The van der Waals surface area contributed by atoms with Gasteiger partial charge in [-0.15, -0.1) is 0 Å². The fourth-order valence-electron chi connectivity index (χ4n) is 1.42. The summed E-state index contributed by atoms with van der Waals surface area (Å²) in [6.45, 7) is 1.78. The standard InChI is InChI=1S/C12H15F3N2O2/c1-2-8(18)6-17-11(19)7-3-4-9(10(16)5-7)12(13,14)15/h3-5,8,18H,2,6,16H2,1H3,(H,17,19). The summed E-state index contributed by atoms with van der Waals surface area (Å²) in [5.74, 6) is -0.576. The van der Waals surface area contributed by atoms with Crippen LogP contribution < -0.4 is 11.1 Å². The average molecular weight is 276 g/mol. The van der Waals surface area contributed by atoms with Crippen molar-refractivity contribution in [3.8, 4) is 0 Å². The fraction of sp³-hybridized carbons (Fsp3) is 0.417. The predicted octanol–water partition coefficient (Wildman–Crippen LogP) is 1.79. The third-order valence-corrected chi connectivity index (χ3v) is 2.59. The molecule has 1 unspecified atom stereocenters. The van der Waals surface area contributed by atoms with Gasteiger partial charge < -0.3 is 16.2 Å². The molecule has 0 heterocycles. The van der Waals surface area contributed by atoms with Gasteiger partial charge in [-0.25, -0.2) is 0 Å². The number of aliphatic hydroxyl groups is 1. The predicted molar refractivity (Wildman–Crippen MR) is 64.5 cm³/mol. The molecule has 0 aliphatic rings. The van der Waals surface area contributed by atoms with E-state index >= 15 is 0 Å². The Hall–Kier alpha value is -1.76. The van der Waals surface area contributed by atoms with Crippen molar-refractivity contribution in [2.45, 2.75) is 25.6 Å². The van der Waals surface area contributed by atoms with Crippen molar-refractivity contribution < 1.29 is 23.1 Å². The van der Waals surface area contributed by atoms with E-state index in [2.05, 4.69) is 5.32 Å². The number of nitrogen functional groups attached to an aromatic ring is 1. The van der Waals surface area contributed by atoms with Gasteiger partial charge in [0.05, 0.1) is 11.7 Å². The fourth-order valence-corrected chi connectivity index (χ4v) is 1.42. The Kier molecular flexibility index (Phi) is 4.77. The van der Waals surface area contributed by atoms with Crippen LogP contribution in [0, 0.1) is 0 Å². The summed E-state index contributed by atoms with van der Waals surface area (Å²) in [5.41, 5.74) is 3.82. The van der Waals surface area contributed by atoms with E-state index in [1.165, 1.54) is 0 Å². The molecule has 0 saturated heterocycles. The van der Waals surface area contributed by atoms with Crippen LogP contribution >= 0.6 is 0 Å². The molecule has 0 bridgehead atoms. The van der Waals surface area contributed by atoms with E-state index in [9.17, 15) is 23.1 Å². The highest BCUT2D eigenvalue weighted by molar-refractivity contribution is 5.95. The molecule has 1 rings (SSSR count). The van der Waals surface area contributed by atoms with Crippen LogP contribution in [-0.2, 0) is 6.18 Å². The molecule has 1 aromatic carbocycles. The lowest BCUT2D eigenvalue weighted by Crippen LogP contribution is -2.31. The largest absolute Gasteiger partial charge is 0.418 e. The number of nitrogens with two attached hydrogens (primary N) is 1. The number of benzene rings is 1. The maximum absolute atomic E-state index is 12.5. The van der Waals surface area contributed by atoms with Gasteiger partial charge in [0, 0.05) is 17.8 Å². The average Bonchev–Trinajstić information content (AvgIpc) is 2.33. The minimum atomic E-state index is -4.54. The number of aliphatic hydroxyl groups excluding tert-OH is 1. The van der Waals surface area contributed by atoms with E-state index in [0.717, 1.165) is 18.2 Å². The molecule has 0 saturated carbocycles. The molecular formula is C12H15F3N2O2. The molecule has 1 aromatic rings. The molecule has 0 radical (unpaired) electrons. The van der Waals surface area contributed by atoms with E-state index in [4.69, 9.17) is 5.73 Å². The van der Waals surface area contributed by atoms with E-state index in [-0.39, 0.29) is 12.1 Å². The number of nitrogens with one attached hydrogen (secondary N) is 1. The molecule has 7 heteroatoms. The second kappa shape index (κ2) is 5.92. The van der Waals surface area contributed by atoms with Gasteiger partial charge >= 0.3 is 6.18 Å². The van der Waals surface area contributed by atoms with Gasteiger partial charge in [-0.1, -0.05) is 6.92 Å². The third-order valence-electron chi connectivity index (χ3n) is 2.59. The number of hydrogen-bond acceptors (Lipinski definition) is 3. The maximum Gasteiger partial charge on any atom is 0.418 e. The second-order valence-electron chi connectivity index (χ2n) is 4.07. The Balaban J connectivity index is 2.81. The SMILES string of the molecule is CCC(O)CNC(=O)c1ccc(C(F)(F)F)c(N)c1. The number of alkyl halides is 3. The van der Waals surface area contributed by atoms with Crippen molar-refractivity contribution in [3.05, 3.63) is 29.3 Å². The zero-order valence-electron chi connectivity index (χ0n) is 10.3. The lowest BCUT2D eigenvalue weighted by molar-refractivity contribution is -0.136. The van der Waals surface area contributed by atoms with Gasteiger partial charge in [-0.05, 0) is 24.6 Å². The van der Waals surface area contributed by atoms with Crippen LogP contribution in [0.25, 0.3) is 0 Å². The van der Waals surface area contributed by atoms with Crippen LogP contribution in [-0.4, -0.2) is 23.7 Å². The summed E-state index contributed by atoms with van der Waals surface area (Å²) >= 11 is 0. The van der Waals surface area contributed by atoms with Crippen molar-refractivity contribution in [1.82, 2.24) is 5.32 Å². The summed E-state index contributed by atoms with van der Waals surface area (Å²) < 4.78 is 37.4. The second-order valence-corrected chi connectivity index (χ2v) is 4.07. The van der Waals surface area contributed by atoms with E-state index < -0.39 is 29.4 Å². The molecule has 106 valence electrons. The van der Waals surface area contributed by atoms with Gasteiger partial charge in [-0.3, -0.25) is 4.79 Å². The number of hydrogen-bond donors (Lipinski definition) is 3. The molecule has 4 N–H and O–H groups in total. The molecule has 0 aliphatic carbocycles. The highest BCUT2D eigenvalue weighted by Crippen LogP contribution is 2.33. The van der Waals surface area contributed by atoms with E-state index in [1.54, 1.807) is 6.92 Å². The van der Waals surface area contributed by atoms with Gasteiger partial charge in [-0.2, -0.15) is 13.2 Å². The zero-order valence-corrected chi connectivity index (χ0v) is 10.3. The minimum absolute atomic E-state index is 0.0220.